The molecule has 136 valence electrons. The second-order valence-electron chi connectivity index (χ2n) is 6.58. The third-order valence-electron chi connectivity index (χ3n) is 4.57. The fourth-order valence-electron chi connectivity index (χ4n) is 3.15. The summed E-state index contributed by atoms with van der Waals surface area (Å²) < 4.78 is 0. The topological polar surface area (TPSA) is 78.4 Å². The molecular weight excluding hydrogens is 338 g/mol. The molecule has 2 heterocycles. The lowest BCUT2D eigenvalue weighted by Gasteiger charge is -2.16. The molecule has 0 radical (unpaired) electrons. The van der Waals surface area contributed by atoms with Gasteiger partial charge in [-0.2, -0.15) is 0 Å². The highest BCUT2D eigenvalue weighted by Gasteiger charge is 2.25. The van der Waals surface area contributed by atoms with Crippen molar-refractivity contribution in [3.05, 3.63) is 11.6 Å². The van der Waals surface area contributed by atoms with Crippen LogP contribution in [0, 0.1) is 0 Å². The summed E-state index contributed by atoms with van der Waals surface area (Å²) in [4.78, 5) is 27.3. The summed E-state index contributed by atoms with van der Waals surface area (Å²) in [6, 6.07) is 0. The van der Waals surface area contributed by atoms with Gasteiger partial charge in [0.2, 0.25) is 22.1 Å². The number of nitrogens with one attached hydrogen (secondary N) is 1. The Balaban J connectivity index is 1.44. The van der Waals surface area contributed by atoms with Crippen LogP contribution in [0.5, 0.6) is 0 Å². The van der Waals surface area contributed by atoms with Crippen molar-refractivity contribution in [2.75, 3.05) is 36.5 Å². The predicted molar refractivity (Wildman–Crippen MR) is 98.9 cm³/mol. The molecule has 2 aliphatic rings. The number of likely N-dealkylation sites (N-methyl/N-ethyl adjacent to an activating group) is 1. The van der Waals surface area contributed by atoms with E-state index >= 15 is 0 Å². The average molecular weight is 363 g/mol. The monoisotopic (exact) mass is 363 g/mol. The number of allylic oxidation sites excluding steroid dienone is 1. The normalized spacial score (nSPS) is 17.6. The van der Waals surface area contributed by atoms with Crippen molar-refractivity contribution >= 4 is 33.4 Å². The number of amides is 2. The average Bonchev–Trinajstić information content (AvgIpc) is 3.24. The first-order chi connectivity index (χ1) is 12.1. The Morgan fingerprint density at radius 2 is 2.20 bits per heavy atom. The Bertz CT molecular complexity index is 657. The Hall–Kier alpha value is -1.96. The molecule has 0 spiro atoms. The van der Waals surface area contributed by atoms with Crippen LogP contribution in [-0.4, -0.2) is 48.7 Å². The van der Waals surface area contributed by atoms with Gasteiger partial charge in [-0.05, 0) is 38.5 Å². The van der Waals surface area contributed by atoms with Crippen LogP contribution in [0.3, 0.4) is 0 Å². The van der Waals surface area contributed by atoms with Crippen LogP contribution in [-0.2, 0) is 9.59 Å². The summed E-state index contributed by atoms with van der Waals surface area (Å²) in [5.74, 6) is 0.0769. The molecule has 0 aromatic carbocycles. The van der Waals surface area contributed by atoms with E-state index in [9.17, 15) is 9.59 Å². The van der Waals surface area contributed by atoms with Crippen molar-refractivity contribution in [3.8, 4) is 0 Å². The van der Waals surface area contributed by atoms with E-state index in [0.29, 0.717) is 29.8 Å². The van der Waals surface area contributed by atoms with Gasteiger partial charge in [-0.25, -0.2) is 0 Å². The minimum atomic E-state index is -0.0205. The maximum absolute atomic E-state index is 12.1. The number of aromatic nitrogens is 2. The van der Waals surface area contributed by atoms with Crippen molar-refractivity contribution in [1.82, 2.24) is 15.5 Å². The first kappa shape index (κ1) is 17.8. The molecule has 3 rings (SSSR count). The molecule has 0 bridgehead atoms. The summed E-state index contributed by atoms with van der Waals surface area (Å²) in [6.07, 6.45) is 9.57. The van der Waals surface area contributed by atoms with Crippen molar-refractivity contribution in [2.24, 2.45) is 0 Å². The Morgan fingerprint density at radius 3 is 2.92 bits per heavy atom. The zero-order chi connectivity index (χ0) is 17.6. The third-order valence-corrected chi connectivity index (χ3v) is 5.63. The first-order valence-corrected chi connectivity index (χ1v) is 9.75. The summed E-state index contributed by atoms with van der Waals surface area (Å²) >= 11 is 1.35. The molecule has 0 saturated carbocycles. The van der Waals surface area contributed by atoms with E-state index in [2.05, 4.69) is 21.6 Å². The molecule has 1 aliphatic carbocycles. The zero-order valence-corrected chi connectivity index (χ0v) is 15.5. The summed E-state index contributed by atoms with van der Waals surface area (Å²) in [5, 5.41) is 12.4. The molecule has 1 N–H and O–H groups in total. The summed E-state index contributed by atoms with van der Waals surface area (Å²) in [5.41, 5.74) is 1.46. The zero-order valence-electron chi connectivity index (χ0n) is 14.7. The number of nitrogens with zero attached hydrogens (tertiary/aromatic N) is 4. The van der Waals surface area contributed by atoms with Crippen LogP contribution in [0.4, 0.5) is 10.3 Å². The molecule has 1 aromatic rings. The molecule has 7 nitrogen and oxygen atoms in total. The third kappa shape index (κ3) is 4.78. The number of rotatable bonds is 7. The van der Waals surface area contributed by atoms with Gasteiger partial charge in [0.1, 0.15) is 0 Å². The number of anilines is 2. The molecule has 1 fully saturated rings. The molecule has 1 aromatic heterocycles. The van der Waals surface area contributed by atoms with Gasteiger partial charge in [0.05, 0.1) is 6.54 Å². The van der Waals surface area contributed by atoms with Gasteiger partial charge in [-0.3, -0.25) is 14.5 Å². The van der Waals surface area contributed by atoms with Crippen molar-refractivity contribution in [2.45, 2.75) is 44.9 Å². The Kier molecular flexibility index (Phi) is 6.01. The van der Waals surface area contributed by atoms with Gasteiger partial charge in [0.25, 0.3) is 0 Å². The van der Waals surface area contributed by atoms with Gasteiger partial charge in [-0.1, -0.05) is 23.0 Å². The number of hydrogen-bond donors (Lipinski definition) is 1. The molecule has 1 aliphatic heterocycles. The van der Waals surface area contributed by atoms with Gasteiger partial charge < -0.3 is 10.2 Å². The van der Waals surface area contributed by atoms with Crippen LogP contribution in [0.2, 0.25) is 0 Å². The number of carbonyl (C=O) groups excluding carboxylic acids is 2. The fourth-order valence-corrected chi connectivity index (χ4v) is 4.01. The predicted octanol–water partition coefficient (Wildman–Crippen LogP) is 2.11. The van der Waals surface area contributed by atoms with Crippen molar-refractivity contribution in [3.63, 3.8) is 0 Å². The highest BCUT2D eigenvalue weighted by molar-refractivity contribution is 7.19. The fraction of sp³-hybridized carbons (Fsp3) is 0.647. The van der Waals surface area contributed by atoms with Crippen LogP contribution in [0.15, 0.2) is 11.6 Å². The highest BCUT2D eigenvalue weighted by atomic mass is 32.1. The molecule has 1 saturated heterocycles. The van der Waals surface area contributed by atoms with Gasteiger partial charge in [0.15, 0.2) is 0 Å². The molecule has 2 amide bonds. The van der Waals surface area contributed by atoms with Crippen LogP contribution in [0.25, 0.3) is 0 Å². The van der Waals surface area contributed by atoms with Crippen LogP contribution in [0.1, 0.15) is 44.9 Å². The van der Waals surface area contributed by atoms with E-state index in [1.54, 1.807) is 9.80 Å². The molecular formula is C17H25N5O2S. The standard InChI is InChI=1S/C17H25N5O2S/c1-21(12-14(23)18-10-9-13-6-3-2-4-7-13)16-19-20-17(25-16)22-11-5-8-15(22)24/h6H,2-5,7-12H2,1H3,(H,18,23). The van der Waals surface area contributed by atoms with Crippen LogP contribution >= 0.6 is 11.3 Å². The number of hydrogen-bond acceptors (Lipinski definition) is 6. The van der Waals surface area contributed by atoms with E-state index in [1.807, 2.05) is 7.05 Å². The maximum atomic E-state index is 12.1. The van der Waals surface area contributed by atoms with Crippen molar-refractivity contribution in [1.29, 1.82) is 0 Å². The lowest BCUT2D eigenvalue weighted by Crippen LogP contribution is -2.35. The maximum Gasteiger partial charge on any atom is 0.239 e. The Labute approximate surface area is 152 Å². The second-order valence-corrected chi connectivity index (χ2v) is 7.51. The minimum Gasteiger partial charge on any atom is -0.354 e. The lowest BCUT2D eigenvalue weighted by atomic mass is 9.97. The van der Waals surface area contributed by atoms with Crippen LogP contribution < -0.4 is 15.1 Å². The van der Waals surface area contributed by atoms with E-state index in [1.165, 1.54) is 42.6 Å². The van der Waals surface area contributed by atoms with E-state index in [0.717, 1.165) is 12.8 Å². The quantitative estimate of drug-likeness (QED) is 0.751. The van der Waals surface area contributed by atoms with Crippen molar-refractivity contribution < 1.29 is 9.59 Å². The lowest BCUT2D eigenvalue weighted by molar-refractivity contribution is -0.119. The SMILES string of the molecule is CN(CC(=O)NCCC1=CCCCC1)c1nnc(N2CCCC2=O)s1. The van der Waals surface area contributed by atoms with E-state index < -0.39 is 0 Å². The number of carbonyl (C=O) groups is 2. The van der Waals surface area contributed by atoms with Gasteiger partial charge in [-0.15, -0.1) is 10.2 Å². The smallest absolute Gasteiger partial charge is 0.239 e. The largest absolute Gasteiger partial charge is 0.354 e. The second kappa shape index (κ2) is 8.42. The summed E-state index contributed by atoms with van der Waals surface area (Å²) in [6.45, 7) is 1.62. The summed E-state index contributed by atoms with van der Waals surface area (Å²) in [7, 11) is 1.82. The van der Waals surface area contributed by atoms with Gasteiger partial charge in [0, 0.05) is 26.6 Å². The molecule has 8 heteroatoms. The minimum absolute atomic E-state index is 0.0205. The first-order valence-electron chi connectivity index (χ1n) is 8.93. The highest BCUT2D eigenvalue weighted by Crippen LogP contribution is 2.29. The van der Waals surface area contributed by atoms with E-state index in [-0.39, 0.29) is 18.4 Å². The molecule has 25 heavy (non-hydrogen) atoms. The van der Waals surface area contributed by atoms with Gasteiger partial charge >= 0.3 is 0 Å². The molecule has 0 unspecified atom stereocenters. The molecule has 0 atom stereocenters. The van der Waals surface area contributed by atoms with E-state index in [4.69, 9.17) is 0 Å². The Morgan fingerprint density at radius 1 is 1.32 bits per heavy atom.